The van der Waals surface area contributed by atoms with Crippen molar-refractivity contribution in [3.63, 3.8) is 0 Å². The van der Waals surface area contributed by atoms with Gasteiger partial charge in [-0.25, -0.2) is 4.98 Å². The summed E-state index contributed by atoms with van der Waals surface area (Å²) in [5, 5.41) is 3.39. The molecule has 1 aromatic rings. The molecule has 2 heterocycles. The van der Waals surface area contributed by atoms with Crippen LogP contribution in [0.2, 0.25) is 5.02 Å². The molecule has 110 valence electrons. The van der Waals surface area contributed by atoms with Crippen molar-refractivity contribution in [1.29, 1.82) is 0 Å². The lowest BCUT2D eigenvalue weighted by molar-refractivity contribution is -0.118. The number of nitrogens with zero attached hydrogens (tertiary/aromatic N) is 2. The molecular formula is C15H22ClN3O. The van der Waals surface area contributed by atoms with Gasteiger partial charge in [-0.05, 0) is 37.4 Å². The third-order valence-electron chi connectivity index (χ3n) is 3.78. The second-order valence-corrected chi connectivity index (χ2v) is 6.12. The zero-order valence-corrected chi connectivity index (χ0v) is 12.9. The summed E-state index contributed by atoms with van der Waals surface area (Å²) in [6, 6.07) is 3.95. The van der Waals surface area contributed by atoms with Crippen molar-refractivity contribution >= 4 is 23.3 Å². The number of likely N-dealkylation sites (tertiary alicyclic amines) is 1. The van der Waals surface area contributed by atoms with Crippen LogP contribution in [0.15, 0.2) is 18.3 Å². The molecule has 0 radical (unpaired) electrons. The number of piperidine rings is 1. The number of pyridine rings is 1. The summed E-state index contributed by atoms with van der Waals surface area (Å²) in [7, 11) is 0. The summed E-state index contributed by atoms with van der Waals surface area (Å²) in [4.78, 5) is 18.5. The first-order chi connectivity index (χ1) is 9.56. The van der Waals surface area contributed by atoms with Gasteiger partial charge in [-0.2, -0.15) is 0 Å². The molecule has 0 aliphatic carbocycles. The molecule has 1 saturated heterocycles. The largest absolute Gasteiger partial charge is 0.310 e. The second-order valence-electron chi connectivity index (χ2n) is 5.69. The van der Waals surface area contributed by atoms with E-state index in [0.717, 1.165) is 6.54 Å². The molecule has 1 fully saturated rings. The Balaban J connectivity index is 1.91. The van der Waals surface area contributed by atoms with Gasteiger partial charge in [-0.1, -0.05) is 31.9 Å². The quantitative estimate of drug-likeness (QED) is 0.928. The lowest BCUT2D eigenvalue weighted by atomic mass is 9.93. The second kappa shape index (κ2) is 7.04. The monoisotopic (exact) mass is 295 g/mol. The smallest absolute Gasteiger partial charge is 0.239 e. The van der Waals surface area contributed by atoms with Crippen LogP contribution in [-0.2, 0) is 4.79 Å². The Kier molecular flexibility index (Phi) is 5.38. The van der Waals surface area contributed by atoms with Gasteiger partial charge in [0.25, 0.3) is 0 Å². The van der Waals surface area contributed by atoms with Crippen LogP contribution in [0.5, 0.6) is 0 Å². The first kappa shape index (κ1) is 15.3. The molecule has 1 aliphatic heterocycles. The Morgan fingerprint density at radius 1 is 1.50 bits per heavy atom. The van der Waals surface area contributed by atoms with E-state index >= 15 is 0 Å². The molecule has 0 bridgehead atoms. The molecule has 1 unspecified atom stereocenters. The number of hydrogen-bond donors (Lipinski definition) is 1. The van der Waals surface area contributed by atoms with Gasteiger partial charge >= 0.3 is 0 Å². The van der Waals surface area contributed by atoms with Crippen LogP contribution in [0, 0.1) is 5.92 Å². The van der Waals surface area contributed by atoms with Gasteiger partial charge in [0.1, 0.15) is 5.82 Å². The van der Waals surface area contributed by atoms with Gasteiger partial charge in [-0.15, -0.1) is 0 Å². The van der Waals surface area contributed by atoms with Gasteiger partial charge in [0.15, 0.2) is 0 Å². The van der Waals surface area contributed by atoms with E-state index in [-0.39, 0.29) is 5.91 Å². The van der Waals surface area contributed by atoms with E-state index in [9.17, 15) is 4.79 Å². The number of halogens is 1. The average Bonchev–Trinajstić information content (AvgIpc) is 2.41. The number of rotatable bonds is 4. The van der Waals surface area contributed by atoms with E-state index in [1.54, 1.807) is 12.1 Å². The van der Waals surface area contributed by atoms with Crippen molar-refractivity contribution in [3.05, 3.63) is 23.4 Å². The Morgan fingerprint density at radius 3 is 2.95 bits per heavy atom. The Bertz CT molecular complexity index is 447. The molecule has 0 spiro atoms. The van der Waals surface area contributed by atoms with Gasteiger partial charge < -0.3 is 5.32 Å². The van der Waals surface area contributed by atoms with Crippen molar-refractivity contribution < 1.29 is 4.79 Å². The molecule has 1 aromatic heterocycles. The summed E-state index contributed by atoms with van der Waals surface area (Å²) < 4.78 is 0. The molecule has 0 saturated carbocycles. The van der Waals surface area contributed by atoms with Crippen molar-refractivity contribution in [2.45, 2.75) is 39.2 Å². The predicted molar refractivity (Wildman–Crippen MR) is 81.9 cm³/mol. The third-order valence-corrected chi connectivity index (χ3v) is 4.00. The van der Waals surface area contributed by atoms with Gasteiger partial charge in [0.2, 0.25) is 5.91 Å². The van der Waals surface area contributed by atoms with Gasteiger partial charge in [0.05, 0.1) is 11.6 Å². The minimum atomic E-state index is -0.00706. The van der Waals surface area contributed by atoms with E-state index in [4.69, 9.17) is 11.6 Å². The molecule has 20 heavy (non-hydrogen) atoms. The lowest BCUT2D eigenvalue weighted by Crippen LogP contribution is -2.46. The SMILES string of the molecule is CC(C)C1CCCCN1CC(=O)Nc1ccc(Cl)cn1. The standard InChI is InChI=1S/C15H22ClN3O/c1-11(2)13-5-3-4-8-19(13)10-15(20)18-14-7-6-12(16)9-17-14/h6-7,9,11,13H,3-5,8,10H2,1-2H3,(H,17,18,20). The maximum atomic E-state index is 12.1. The van der Waals surface area contributed by atoms with Gasteiger partial charge in [-0.3, -0.25) is 9.69 Å². The molecule has 1 N–H and O–H groups in total. The zero-order valence-electron chi connectivity index (χ0n) is 12.1. The van der Waals surface area contributed by atoms with E-state index in [1.165, 1.54) is 25.5 Å². The van der Waals surface area contributed by atoms with E-state index in [1.807, 2.05) is 0 Å². The van der Waals surface area contributed by atoms with Crippen molar-refractivity contribution in [1.82, 2.24) is 9.88 Å². The highest BCUT2D eigenvalue weighted by Gasteiger charge is 2.26. The van der Waals surface area contributed by atoms with E-state index in [2.05, 4.69) is 29.0 Å². The zero-order chi connectivity index (χ0) is 14.5. The van der Waals surface area contributed by atoms with Crippen LogP contribution >= 0.6 is 11.6 Å². The van der Waals surface area contributed by atoms with Crippen LogP contribution < -0.4 is 5.32 Å². The van der Waals surface area contributed by atoms with Crippen LogP contribution in [0.25, 0.3) is 0 Å². The number of aromatic nitrogens is 1. The van der Waals surface area contributed by atoms with Crippen molar-refractivity contribution in [2.24, 2.45) is 5.92 Å². The highest BCUT2D eigenvalue weighted by molar-refractivity contribution is 6.30. The minimum absolute atomic E-state index is 0.00706. The predicted octanol–water partition coefficient (Wildman–Crippen LogP) is 3.18. The third kappa shape index (κ3) is 4.18. The lowest BCUT2D eigenvalue weighted by Gasteiger charge is -2.37. The number of hydrogen-bond acceptors (Lipinski definition) is 3. The van der Waals surface area contributed by atoms with Crippen LogP contribution in [-0.4, -0.2) is 34.9 Å². The maximum absolute atomic E-state index is 12.1. The molecular weight excluding hydrogens is 274 g/mol. The maximum Gasteiger partial charge on any atom is 0.239 e. The molecule has 2 rings (SSSR count). The normalized spacial score (nSPS) is 20.1. The number of anilines is 1. The highest BCUT2D eigenvalue weighted by atomic mass is 35.5. The number of nitrogens with one attached hydrogen (secondary N) is 1. The number of amides is 1. The number of carbonyl (C=O) groups excluding carboxylic acids is 1. The van der Waals surface area contributed by atoms with Gasteiger partial charge in [0, 0.05) is 12.2 Å². The molecule has 1 atom stereocenters. The Morgan fingerprint density at radius 2 is 2.30 bits per heavy atom. The van der Waals surface area contributed by atoms with Crippen molar-refractivity contribution in [2.75, 3.05) is 18.4 Å². The molecule has 4 nitrogen and oxygen atoms in total. The molecule has 0 aromatic carbocycles. The summed E-state index contributed by atoms with van der Waals surface area (Å²) in [6.45, 7) is 5.89. The van der Waals surface area contributed by atoms with Crippen molar-refractivity contribution in [3.8, 4) is 0 Å². The first-order valence-corrected chi connectivity index (χ1v) is 7.59. The van der Waals surface area contributed by atoms with Crippen LogP contribution in [0.1, 0.15) is 33.1 Å². The van der Waals surface area contributed by atoms with E-state index in [0.29, 0.717) is 29.3 Å². The Labute approximate surface area is 125 Å². The fraction of sp³-hybridized carbons (Fsp3) is 0.600. The Hall–Kier alpha value is -1.13. The average molecular weight is 296 g/mol. The highest BCUT2D eigenvalue weighted by Crippen LogP contribution is 2.22. The fourth-order valence-corrected chi connectivity index (χ4v) is 2.90. The molecule has 1 aliphatic rings. The number of carbonyl (C=O) groups is 1. The summed E-state index contributed by atoms with van der Waals surface area (Å²) >= 11 is 5.77. The summed E-state index contributed by atoms with van der Waals surface area (Å²) in [6.07, 6.45) is 5.16. The molecule has 5 heteroatoms. The molecule has 1 amide bonds. The van der Waals surface area contributed by atoms with Crippen LogP contribution in [0.4, 0.5) is 5.82 Å². The fourth-order valence-electron chi connectivity index (χ4n) is 2.78. The summed E-state index contributed by atoms with van der Waals surface area (Å²) in [5.74, 6) is 1.13. The topological polar surface area (TPSA) is 45.2 Å². The summed E-state index contributed by atoms with van der Waals surface area (Å²) in [5.41, 5.74) is 0. The van der Waals surface area contributed by atoms with Crippen LogP contribution in [0.3, 0.4) is 0 Å². The minimum Gasteiger partial charge on any atom is -0.310 e. The van der Waals surface area contributed by atoms with E-state index < -0.39 is 0 Å². The first-order valence-electron chi connectivity index (χ1n) is 7.21.